The molecular weight excluding hydrogens is 162 g/mol. The van der Waals surface area contributed by atoms with Crippen molar-refractivity contribution in [3.8, 4) is 0 Å². The van der Waals surface area contributed by atoms with E-state index in [2.05, 4.69) is 35.2 Å². The lowest BCUT2D eigenvalue weighted by atomic mass is 10.3. The highest BCUT2D eigenvalue weighted by Crippen LogP contribution is 1.91. The molecule has 1 N–H and O–H groups in total. The maximum Gasteiger partial charge on any atom is 0.115 e. The first-order chi connectivity index (χ1) is 6.29. The van der Waals surface area contributed by atoms with Gasteiger partial charge in [-0.2, -0.15) is 0 Å². The summed E-state index contributed by atoms with van der Waals surface area (Å²) in [5.74, 6) is 0. The maximum atomic E-state index is 3.93. The number of hydrogen-bond acceptors (Lipinski definition) is 3. The average molecular weight is 177 g/mol. The summed E-state index contributed by atoms with van der Waals surface area (Å²) >= 11 is 0. The summed E-state index contributed by atoms with van der Waals surface area (Å²) in [6.45, 7) is 5.91. The normalized spacial score (nSPS) is 9.69. The van der Waals surface area contributed by atoms with Crippen molar-refractivity contribution < 1.29 is 0 Å². The third kappa shape index (κ3) is 4.38. The van der Waals surface area contributed by atoms with Crippen LogP contribution in [0.2, 0.25) is 0 Å². The van der Waals surface area contributed by atoms with Gasteiger partial charge in [-0.3, -0.25) is 0 Å². The van der Waals surface area contributed by atoms with Crippen LogP contribution in [0.4, 0.5) is 0 Å². The van der Waals surface area contributed by atoms with Crippen LogP contribution in [-0.2, 0) is 6.54 Å². The Balaban J connectivity index is 2.25. The highest BCUT2D eigenvalue weighted by molar-refractivity contribution is 5.02. The lowest BCUT2D eigenvalue weighted by Crippen LogP contribution is -2.13. The Bertz CT molecular complexity index is 263. The first-order valence-electron chi connectivity index (χ1n) is 4.37. The topological polar surface area (TPSA) is 37.8 Å². The van der Waals surface area contributed by atoms with Crippen molar-refractivity contribution in [3.05, 3.63) is 35.9 Å². The van der Waals surface area contributed by atoms with Crippen LogP contribution in [0.15, 0.2) is 30.4 Å². The monoisotopic (exact) mass is 177 g/mol. The Morgan fingerprint density at radius 1 is 1.38 bits per heavy atom. The van der Waals surface area contributed by atoms with Gasteiger partial charge in [-0.15, -0.1) is 0 Å². The fourth-order valence-electron chi connectivity index (χ4n) is 0.914. The molecule has 0 radical (unpaired) electrons. The molecule has 0 saturated heterocycles. The van der Waals surface area contributed by atoms with Gasteiger partial charge in [0.1, 0.15) is 6.33 Å². The fourth-order valence-corrected chi connectivity index (χ4v) is 0.914. The van der Waals surface area contributed by atoms with E-state index in [0.717, 1.165) is 18.7 Å². The molecule has 1 heterocycles. The number of nitrogens with one attached hydrogen (secondary N) is 1. The van der Waals surface area contributed by atoms with Gasteiger partial charge >= 0.3 is 0 Å². The summed E-state index contributed by atoms with van der Waals surface area (Å²) in [6, 6.07) is 0. The summed E-state index contributed by atoms with van der Waals surface area (Å²) in [5, 5.41) is 3.28. The number of allylic oxidation sites excluding steroid dienone is 1. The third-order valence-electron chi connectivity index (χ3n) is 1.60. The quantitative estimate of drug-likeness (QED) is 0.560. The largest absolute Gasteiger partial charge is 0.309 e. The van der Waals surface area contributed by atoms with Crippen LogP contribution in [0.1, 0.15) is 19.4 Å². The average Bonchev–Trinajstić information content (AvgIpc) is 2.14. The summed E-state index contributed by atoms with van der Waals surface area (Å²) in [4.78, 5) is 7.86. The minimum absolute atomic E-state index is 0.824. The van der Waals surface area contributed by atoms with Gasteiger partial charge in [0.15, 0.2) is 0 Å². The summed E-state index contributed by atoms with van der Waals surface area (Å²) < 4.78 is 0. The molecule has 0 atom stereocenters. The van der Waals surface area contributed by atoms with Crippen LogP contribution >= 0.6 is 0 Å². The summed E-state index contributed by atoms with van der Waals surface area (Å²) in [6.07, 6.45) is 7.34. The Morgan fingerprint density at radius 2 is 2.08 bits per heavy atom. The molecule has 1 aromatic heterocycles. The maximum absolute atomic E-state index is 3.93. The van der Waals surface area contributed by atoms with E-state index in [0.29, 0.717) is 0 Å². The smallest absolute Gasteiger partial charge is 0.115 e. The molecule has 0 saturated carbocycles. The van der Waals surface area contributed by atoms with Crippen molar-refractivity contribution in [1.82, 2.24) is 15.3 Å². The zero-order valence-electron chi connectivity index (χ0n) is 8.12. The van der Waals surface area contributed by atoms with Gasteiger partial charge in [-0.1, -0.05) is 11.6 Å². The lowest BCUT2D eigenvalue weighted by Gasteiger charge is -2.00. The molecule has 0 fully saturated rings. The van der Waals surface area contributed by atoms with Gasteiger partial charge in [0.2, 0.25) is 0 Å². The summed E-state index contributed by atoms with van der Waals surface area (Å²) in [5.41, 5.74) is 2.45. The second-order valence-electron chi connectivity index (χ2n) is 3.16. The van der Waals surface area contributed by atoms with Crippen LogP contribution in [0, 0.1) is 0 Å². The van der Waals surface area contributed by atoms with Crippen molar-refractivity contribution >= 4 is 0 Å². The molecule has 0 bridgehead atoms. The SMILES string of the molecule is CC(C)=CCNCc1cncnc1. The minimum atomic E-state index is 0.824. The molecule has 0 unspecified atom stereocenters. The van der Waals surface area contributed by atoms with Crippen molar-refractivity contribution in [2.24, 2.45) is 0 Å². The van der Waals surface area contributed by atoms with Crippen LogP contribution in [0.25, 0.3) is 0 Å². The Hall–Kier alpha value is -1.22. The Morgan fingerprint density at radius 3 is 2.69 bits per heavy atom. The Kier molecular flexibility index (Phi) is 4.12. The molecule has 70 valence electrons. The highest BCUT2D eigenvalue weighted by Gasteiger charge is 1.89. The van der Waals surface area contributed by atoms with E-state index in [9.17, 15) is 0 Å². The van der Waals surface area contributed by atoms with Gasteiger partial charge in [-0.05, 0) is 13.8 Å². The predicted molar refractivity (Wildman–Crippen MR) is 53.2 cm³/mol. The van der Waals surface area contributed by atoms with Crippen molar-refractivity contribution in [2.75, 3.05) is 6.54 Å². The fraction of sp³-hybridized carbons (Fsp3) is 0.400. The molecular formula is C10H15N3. The van der Waals surface area contributed by atoms with Crippen LogP contribution < -0.4 is 5.32 Å². The number of nitrogens with zero attached hydrogens (tertiary/aromatic N) is 2. The zero-order valence-corrected chi connectivity index (χ0v) is 8.12. The molecule has 0 spiro atoms. The zero-order chi connectivity index (χ0) is 9.52. The number of hydrogen-bond donors (Lipinski definition) is 1. The van der Waals surface area contributed by atoms with Crippen molar-refractivity contribution in [1.29, 1.82) is 0 Å². The van der Waals surface area contributed by atoms with Gasteiger partial charge in [0.25, 0.3) is 0 Å². The van der Waals surface area contributed by atoms with Gasteiger partial charge in [0, 0.05) is 31.0 Å². The predicted octanol–water partition coefficient (Wildman–Crippen LogP) is 1.53. The van der Waals surface area contributed by atoms with E-state index in [-0.39, 0.29) is 0 Å². The van der Waals surface area contributed by atoms with Crippen LogP contribution in [-0.4, -0.2) is 16.5 Å². The van der Waals surface area contributed by atoms with Gasteiger partial charge < -0.3 is 5.32 Å². The molecule has 13 heavy (non-hydrogen) atoms. The van der Waals surface area contributed by atoms with E-state index in [1.807, 2.05) is 12.4 Å². The molecule has 3 heteroatoms. The summed E-state index contributed by atoms with van der Waals surface area (Å²) in [7, 11) is 0. The Labute approximate surface area is 78.9 Å². The van der Waals surface area contributed by atoms with E-state index in [1.54, 1.807) is 6.33 Å². The van der Waals surface area contributed by atoms with E-state index < -0.39 is 0 Å². The highest BCUT2D eigenvalue weighted by atomic mass is 14.9. The standard InChI is InChI=1S/C10H15N3/c1-9(2)3-4-11-5-10-6-12-8-13-7-10/h3,6-8,11H,4-5H2,1-2H3. The van der Waals surface area contributed by atoms with E-state index in [1.165, 1.54) is 5.57 Å². The number of aromatic nitrogens is 2. The number of rotatable bonds is 4. The molecule has 0 aliphatic rings. The molecule has 0 aliphatic heterocycles. The molecule has 0 aliphatic carbocycles. The molecule has 0 aromatic carbocycles. The minimum Gasteiger partial charge on any atom is -0.309 e. The molecule has 1 aromatic rings. The molecule has 0 amide bonds. The van der Waals surface area contributed by atoms with Crippen molar-refractivity contribution in [3.63, 3.8) is 0 Å². The lowest BCUT2D eigenvalue weighted by molar-refractivity contribution is 0.750. The third-order valence-corrected chi connectivity index (χ3v) is 1.60. The van der Waals surface area contributed by atoms with E-state index >= 15 is 0 Å². The van der Waals surface area contributed by atoms with E-state index in [4.69, 9.17) is 0 Å². The van der Waals surface area contributed by atoms with Crippen molar-refractivity contribution in [2.45, 2.75) is 20.4 Å². The van der Waals surface area contributed by atoms with Gasteiger partial charge in [0.05, 0.1) is 0 Å². The van der Waals surface area contributed by atoms with Gasteiger partial charge in [-0.25, -0.2) is 9.97 Å². The van der Waals surface area contributed by atoms with Crippen LogP contribution in [0.3, 0.4) is 0 Å². The van der Waals surface area contributed by atoms with Crippen LogP contribution in [0.5, 0.6) is 0 Å². The molecule has 3 nitrogen and oxygen atoms in total. The first kappa shape index (κ1) is 9.86. The molecule has 1 rings (SSSR count). The second kappa shape index (κ2) is 5.43. The second-order valence-corrected chi connectivity index (χ2v) is 3.16. The first-order valence-corrected chi connectivity index (χ1v) is 4.37.